The van der Waals surface area contributed by atoms with Crippen molar-refractivity contribution in [3.8, 4) is 0 Å². The molecule has 0 bridgehead atoms. The van der Waals surface area contributed by atoms with Gasteiger partial charge in [-0.05, 0) is 56.5 Å². The van der Waals surface area contributed by atoms with Gasteiger partial charge < -0.3 is 5.32 Å². The van der Waals surface area contributed by atoms with Gasteiger partial charge in [-0.3, -0.25) is 4.79 Å². The summed E-state index contributed by atoms with van der Waals surface area (Å²) in [5.74, 6) is -0.855. The number of piperidine rings is 1. The lowest BCUT2D eigenvalue weighted by Gasteiger charge is -2.30. The molecule has 0 spiro atoms. The summed E-state index contributed by atoms with van der Waals surface area (Å²) in [7, 11) is -3.56. The van der Waals surface area contributed by atoms with Gasteiger partial charge in [-0.25, -0.2) is 12.8 Å². The van der Waals surface area contributed by atoms with Gasteiger partial charge in [0.05, 0.1) is 4.90 Å². The lowest BCUT2D eigenvalue weighted by atomic mass is 9.99. The summed E-state index contributed by atoms with van der Waals surface area (Å²) >= 11 is 1.18. The number of nitrogens with one attached hydrogen (secondary N) is 1. The van der Waals surface area contributed by atoms with E-state index in [0.717, 1.165) is 11.1 Å². The monoisotopic (exact) mass is 474 g/mol. The lowest BCUT2D eigenvalue weighted by Crippen LogP contribution is -2.38. The molecule has 0 unspecified atom stereocenters. The Hall–Kier alpha value is -2.69. The molecular weight excluding hydrogens is 451 g/mol. The summed E-state index contributed by atoms with van der Waals surface area (Å²) in [6.45, 7) is 4.50. The number of carbonyl (C=O) groups excluding carboxylic acids is 1. The van der Waals surface area contributed by atoms with Crippen LogP contribution in [0.4, 0.5) is 10.1 Å². The van der Waals surface area contributed by atoms with E-state index >= 15 is 0 Å². The van der Waals surface area contributed by atoms with Gasteiger partial charge in [-0.15, -0.1) is 10.2 Å². The van der Waals surface area contributed by atoms with Gasteiger partial charge in [0, 0.05) is 24.7 Å². The van der Waals surface area contributed by atoms with Crippen LogP contribution in [0.2, 0.25) is 0 Å². The zero-order chi connectivity index (χ0) is 22.9. The van der Waals surface area contributed by atoms with Crippen LogP contribution in [0.3, 0.4) is 0 Å². The Morgan fingerprint density at radius 3 is 2.56 bits per heavy atom. The Kier molecular flexibility index (Phi) is 6.36. The van der Waals surface area contributed by atoms with E-state index in [1.165, 1.54) is 33.8 Å². The molecule has 2 aromatic carbocycles. The molecule has 7 nitrogen and oxygen atoms in total. The molecule has 0 atom stereocenters. The number of aromatic nitrogens is 2. The van der Waals surface area contributed by atoms with Crippen molar-refractivity contribution in [3.05, 3.63) is 69.4 Å². The average Bonchev–Trinajstić information content (AvgIpc) is 3.24. The van der Waals surface area contributed by atoms with Crippen LogP contribution in [0.15, 0.2) is 47.4 Å². The van der Waals surface area contributed by atoms with Gasteiger partial charge in [-0.2, -0.15) is 4.31 Å². The summed E-state index contributed by atoms with van der Waals surface area (Å²) in [6.07, 6.45) is 1.20. The molecule has 3 aromatic rings. The molecule has 32 heavy (non-hydrogen) atoms. The van der Waals surface area contributed by atoms with Gasteiger partial charge in [0.25, 0.3) is 5.91 Å². The summed E-state index contributed by atoms with van der Waals surface area (Å²) in [4.78, 5) is 12.7. The molecule has 168 valence electrons. The fraction of sp³-hybridized carbons (Fsp3) is 0.318. The molecule has 1 fully saturated rings. The molecule has 1 aromatic heterocycles. The van der Waals surface area contributed by atoms with E-state index in [-0.39, 0.29) is 10.9 Å². The first-order valence-electron chi connectivity index (χ1n) is 10.2. The van der Waals surface area contributed by atoms with Gasteiger partial charge in [0.2, 0.25) is 15.0 Å². The number of hydrogen-bond acceptors (Lipinski definition) is 6. The summed E-state index contributed by atoms with van der Waals surface area (Å²) in [6, 6.07) is 11.0. The van der Waals surface area contributed by atoms with Crippen molar-refractivity contribution in [3.63, 3.8) is 0 Å². The number of amides is 1. The maximum atomic E-state index is 13.3. The standard InChI is InChI=1S/C22H23FN4O3S2/c1-14-6-7-19(15(2)12-14)32(29,30)27-10-8-16(9-11-27)21-25-26-22(31-21)20(28)24-18-5-3-4-17(23)13-18/h3-7,12-13,16H,8-11H2,1-2H3,(H,24,28). The minimum Gasteiger partial charge on any atom is -0.320 e. The Labute approximate surface area is 190 Å². The van der Waals surface area contributed by atoms with Crippen LogP contribution >= 0.6 is 11.3 Å². The number of aryl methyl sites for hydroxylation is 2. The second-order valence-electron chi connectivity index (χ2n) is 7.86. The predicted octanol–water partition coefficient (Wildman–Crippen LogP) is 4.11. The molecule has 0 saturated carbocycles. The molecule has 1 aliphatic heterocycles. The fourth-order valence-electron chi connectivity index (χ4n) is 3.81. The highest BCUT2D eigenvalue weighted by Crippen LogP contribution is 2.33. The zero-order valence-electron chi connectivity index (χ0n) is 17.7. The van der Waals surface area contributed by atoms with E-state index in [0.29, 0.717) is 41.5 Å². The maximum Gasteiger partial charge on any atom is 0.286 e. The minimum atomic E-state index is -3.56. The molecule has 0 radical (unpaired) electrons. The number of nitrogens with zero attached hydrogens (tertiary/aromatic N) is 3. The van der Waals surface area contributed by atoms with Gasteiger partial charge in [-0.1, -0.05) is 35.1 Å². The Bertz CT molecular complexity index is 1250. The van der Waals surface area contributed by atoms with E-state index < -0.39 is 21.7 Å². The molecule has 0 aliphatic carbocycles. The fourth-order valence-corrected chi connectivity index (χ4v) is 6.40. The Morgan fingerprint density at radius 2 is 1.88 bits per heavy atom. The molecule has 1 amide bonds. The quantitative estimate of drug-likeness (QED) is 0.601. The summed E-state index contributed by atoms with van der Waals surface area (Å²) in [5, 5.41) is 11.6. The predicted molar refractivity (Wildman–Crippen MR) is 121 cm³/mol. The lowest BCUT2D eigenvalue weighted by molar-refractivity contribution is 0.102. The van der Waals surface area contributed by atoms with E-state index in [9.17, 15) is 17.6 Å². The summed E-state index contributed by atoms with van der Waals surface area (Å²) in [5.41, 5.74) is 2.11. The van der Waals surface area contributed by atoms with Crippen LogP contribution in [0.5, 0.6) is 0 Å². The van der Waals surface area contributed by atoms with Gasteiger partial charge >= 0.3 is 0 Å². The second kappa shape index (κ2) is 9.05. The number of halogens is 1. The van der Waals surface area contributed by atoms with Crippen molar-refractivity contribution in [2.75, 3.05) is 18.4 Å². The van der Waals surface area contributed by atoms with Crippen LogP contribution in [0.25, 0.3) is 0 Å². The number of benzene rings is 2. The van der Waals surface area contributed by atoms with E-state index in [1.807, 2.05) is 26.0 Å². The minimum absolute atomic E-state index is 0.0359. The SMILES string of the molecule is Cc1ccc(S(=O)(=O)N2CCC(c3nnc(C(=O)Nc4cccc(F)c4)s3)CC2)c(C)c1. The topological polar surface area (TPSA) is 92.3 Å². The highest BCUT2D eigenvalue weighted by atomic mass is 32.2. The van der Waals surface area contributed by atoms with Crippen molar-refractivity contribution < 1.29 is 17.6 Å². The third-order valence-corrected chi connectivity index (χ3v) is 8.61. The smallest absolute Gasteiger partial charge is 0.286 e. The van der Waals surface area contributed by atoms with Gasteiger partial charge in [0.1, 0.15) is 10.8 Å². The third-order valence-electron chi connectivity index (χ3n) is 5.47. The molecule has 4 rings (SSSR count). The van der Waals surface area contributed by atoms with Crippen molar-refractivity contribution in [2.45, 2.75) is 37.5 Å². The van der Waals surface area contributed by atoms with E-state index in [2.05, 4.69) is 15.5 Å². The molecule has 1 N–H and O–H groups in total. The molecular formula is C22H23FN4O3S2. The zero-order valence-corrected chi connectivity index (χ0v) is 19.3. The van der Waals surface area contributed by atoms with Crippen LogP contribution in [0.1, 0.15) is 44.7 Å². The number of anilines is 1. The first-order valence-corrected chi connectivity index (χ1v) is 12.5. The molecule has 2 heterocycles. The van der Waals surface area contributed by atoms with Crippen molar-refractivity contribution in [1.29, 1.82) is 0 Å². The average molecular weight is 475 g/mol. The maximum absolute atomic E-state index is 13.3. The number of carbonyl (C=O) groups is 1. The van der Waals surface area contributed by atoms with Crippen molar-refractivity contribution >= 4 is 33.0 Å². The summed E-state index contributed by atoms with van der Waals surface area (Å²) < 4.78 is 41.0. The largest absolute Gasteiger partial charge is 0.320 e. The van der Waals surface area contributed by atoms with Gasteiger partial charge in [0.15, 0.2) is 0 Å². The highest BCUT2D eigenvalue weighted by Gasteiger charge is 2.32. The second-order valence-corrected chi connectivity index (χ2v) is 10.8. The number of sulfonamides is 1. The van der Waals surface area contributed by atoms with Crippen molar-refractivity contribution in [1.82, 2.24) is 14.5 Å². The van der Waals surface area contributed by atoms with E-state index in [1.54, 1.807) is 12.1 Å². The van der Waals surface area contributed by atoms with Crippen LogP contribution in [0, 0.1) is 19.7 Å². The Balaban J connectivity index is 1.40. The van der Waals surface area contributed by atoms with Crippen LogP contribution in [-0.2, 0) is 10.0 Å². The third kappa shape index (κ3) is 4.72. The molecule has 1 saturated heterocycles. The molecule has 1 aliphatic rings. The number of rotatable bonds is 5. The number of hydrogen-bond donors (Lipinski definition) is 1. The highest BCUT2D eigenvalue weighted by molar-refractivity contribution is 7.89. The van der Waals surface area contributed by atoms with Crippen LogP contribution < -0.4 is 5.32 Å². The van der Waals surface area contributed by atoms with E-state index in [4.69, 9.17) is 0 Å². The van der Waals surface area contributed by atoms with Crippen molar-refractivity contribution in [2.24, 2.45) is 0 Å². The first kappa shape index (κ1) is 22.5. The Morgan fingerprint density at radius 1 is 1.12 bits per heavy atom. The first-order chi connectivity index (χ1) is 15.2. The normalized spacial score (nSPS) is 15.6. The van der Waals surface area contributed by atoms with Crippen LogP contribution in [-0.4, -0.2) is 41.9 Å². The molecule has 10 heteroatoms.